The van der Waals surface area contributed by atoms with Gasteiger partial charge in [-0.05, 0) is 42.1 Å². The van der Waals surface area contributed by atoms with Crippen LogP contribution in [-0.4, -0.2) is 29.7 Å². The SMILES string of the molecule is CCc1cc2cccc(Cl)c2c(=O)n1-c1ccccc1.COc1nccc(C(N)=O)c1OC. The fourth-order valence-electron chi connectivity index (χ4n) is 3.46. The number of halogens is 1. The van der Waals surface area contributed by atoms with Crippen molar-refractivity contribution in [2.75, 3.05) is 14.2 Å². The van der Waals surface area contributed by atoms with Gasteiger partial charge in [-0.1, -0.05) is 48.9 Å². The first kappa shape index (κ1) is 23.8. The summed E-state index contributed by atoms with van der Waals surface area (Å²) < 4.78 is 11.6. The Hall–Kier alpha value is -3.84. The van der Waals surface area contributed by atoms with Gasteiger partial charge in [-0.2, -0.15) is 0 Å². The molecule has 0 atom stereocenters. The summed E-state index contributed by atoms with van der Waals surface area (Å²) in [6.07, 6.45) is 2.22. The lowest BCUT2D eigenvalue weighted by molar-refractivity contribution is 0.0996. The van der Waals surface area contributed by atoms with Gasteiger partial charge in [0, 0.05) is 17.6 Å². The van der Waals surface area contributed by atoms with Crippen molar-refractivity contribution in [1.29, 1.82) is 0 Å². The number of benzene rings is 2. The van der Waals surface area contributed by atoms with Crippen LogP contribution in [0.4, 0.5) is 0 Å². The molecule has 0 aliphatic heterocycles. The number of carbonyl (C=O) groups excluding carboxylic acids is 1. The number of aryl methyl sites for hydroxylation is 1. The topological polar surface area (TPSA) is 96.4 Å². The Morgan fingerprint density at radius 1 is 1.06 bits per heavy atom. The number of amides is 1. The quantitative estimate of drug-likeness (QED) is 0.471. The van der Waals surface area contributed by atoms with Crippen LogP contribution in [0.25, 0.3) is 16.5 Å². The van der Waals surface area contributed by atoms with Crippen LogP contribution in [0.2, 0.25) is 5.02 Å². The van der Waals surface area contributed by atoms with Gasteiger partial charge < -0.3 is 15.2 Å². The number of nitrogens with zero attached hydrogens (tertiary/aromatic N) is 2. The van der Waals surface area contributed by atoms with Crippen molar-refractivity contribution in [2.45, 2.75) is 13.3 Å². The number of para-hydroxylation sites is 1. The molecule has 33 heavy (non-hydrogen) atoms. The summed E-state index contributed by atoms with van der Waals surface area (Å²) in [4.78, 5) is 27.6. The predicted molar refractivity (Wildman–Crippen MR) is 130 cm³/mol. The maximum atomic E-state index is 12.8. The van der Waals surface area contributed by atoms with Gasteiger partial charge in [0.15, 0.2) is 5.75 Å². The molecule has 0 saturated carbocycles. The van der Waals surface area contributed by atoms with Crippen LogP contribution in [0.1, 0.15) is 23.0 Å². The molecule has 7 nitrogen and oxygen atoms in total. The lowest BCUT2D eigenvalue weighted by Crippen LogP contribution is -2.22. The summed E-state index contributed by atoms with van der Waals surface area (Å²) in [7, 11) is 2.86. The monoisotopic (exact) mass is 465 g/mol. The number of pyridine rings is 2. The van der Waals surface area contributed by atoms with Gasteiger partial charge in [-0.3, -0.25) is 14.2 Å². The highest BCUT2D eigenvalue weighted by Gasteiger charge is 2.14. The van der Waals surface area contributed by atoms with Gasteiger partial charge in [0.2, 0.25) is 0 Å². The van der Waals surface area contributed by atoms with Crippen LogP contribution in [0.15, 0.2) is 71.7 Å². The molecule has 2 N–H and O–H groups in total. The van der Waals surface area contributed by atoms with Crippen molar-refractivity contribution in [3.8, 4) is 17.3 Å². The van der Waals surface area contributed by atoms with Crippen molar-refractivity contribution >= 4 is 28.3 Å². The van der Waals surface area contributed by atoms with Crippen molar-refractivity contribution < 1.29 is 14.3 Å². The maximum absolute atomic E-state index is 12.8. The third kappa shape index (κ3) is 4.99. The van der Waals surface area contributed by atoms with E-state index >= 15 is 0 Å². The second-order valence-corrected chi connectivity index (χ2v) is 7.34. The Bertz CT molecular complexity index is 1340. The van der Waals surface area contributed by atoms with E-state index in [1.54, 1.807) is 10.6 Å². The average Bonchev–Trinajstić information content (AvgIpc) is 2.84. The number of ether oxygens (including phenoxy) is 2. The summed E-state index contributed by atoms with van der Waals surface area (Å²) in [5.74, 6) is -0.0612. The molecule has 2 aromatic carbocycles. The van der Waals surface area contributed by atoms with Crippen LogP contribution in [0.5, 0.6) is 11.6 Å². The van der Waals surface area contributed by atoms with E-state index in [9.17, 15) is 9.59 Å². The van der Waals surface area contributed by atoms with Crippen molar-refractivity contribution in [2.24, 2.45) is 5.73 Å². The van der Waals surface area contributed by atoms with Crippen molar-refractivity contribution in [3.05, 3.63) is 93.5 Å². The van der Waals surface area contributed by atoms with Gasteiger partial charge in [0.25, 0.3) is 17.3 Å². The predicted octanol–water partition coefficient (Wildman–Crippen LogP) is 4.40. The van der Waals surface area contributed by atoms with E-state index in [1.807, 2.05) is 55.5 Å². The second kappa shape index (κ2) is 10.7. The van der Waals surface area contributed by atoms with Gasteiger partial charge in [-0.25, -0.2) is 4.98 Å². The molecule has 1 amide bonds. The van der Waals surface area contributed by atoms with Crippen LogP contribution < -0.4 is 20.8 Å². The molecule has 2 aromatic heterocycles. The minimum atomic E-state index is -0.572. The number of fused-ring (bicyclic) bond motifs is 1. The van der Waals surface area contributed by atoms with Crippen molar-refractivity contribution in [1.82, 2.24) is 9.55 Å². The van der Waals surface area contributed by atoms with E-state index in [2.05, 4.69) is 4.98 Å². The van der Waals surface area contributed by atoms with E-state index < -0.39 is 5.91 Å². The van der Waals surface area contributed by atoms with E-state index in [1.165, 1.54) is 26.5 Å². The highest BCUT2D eigenvalue weighted by atomic mass is 35.5. The summed E-state index contributed by atoms with van der Waals surface area (Å²) in [6.45, 7) is 2.05. The molecule has 4 rings (SSSR count). The van der Waals surface area contributed by atoms with Crippen LogP contribution in [0, 0.1) is 0 Å². The zero-order valence-electron chi connectivity index (χ0n) is 18.5. The molecule has 0 aliphatic rings. The van der Waals surface area contributed by atoms with Gasteiger partial charge in [-0.15, -0.1) is 0 Å². The summed E-state index contributed by atoms with van der Waals surface area (Å²) in [5.41, 5.74) is 7.16. The van der Waals surface area contributed by atoms with Crippen molar-refractivity contribution in [3.63, 3.8) is 0 Å². The Balaban J connectivity index is 0.000000205. The fraction of sp³-hybridized carbons (Fsp3) is 0.160. The first-order chi connectivity index (χ1) is 15.9. The number of hydrogen-bond donors (Lipinski definition) is 1. The van der Waals surface area contributed by atoms with E-state index in [4.69, 9.17) is 26.8 Å². The number of methoxy groups -OCH3 is 2. The van der Waals surface area contributed by atoms with Crippen LogP contribution in [-0.2, 0) is 6.42 Å². The van der Waals surface area contributed by atoms with Crippen LogP contribution >= 0.6 is 11.6 Å². The molecule has 0 radical (unpaired) electrons. The van der Waals surface area contributed by atoms with E-state index in [0.717, 1.165) is 23.2 Å². The molecule has 0 unspecified atom stereocenters. The molecular formula is C25H24ClN3O4. The molecule has 8 heteroatoms. The lowest BCUT2D eigenvalue weighted by Gasteiger charge is -2.14. The molecule has 0 saturated heterocycles. The number of rotatable bonds is 5. The molecule has 0 spiro atoms. The number of nitrogens with two attached hydrogens (primary N) is 1. The number of carbonyl (C=O) groups is 1. The first-order valence-electron chi connectivity index (χ1n) is 10.2. The summed E-state index contributed by atoms with van der Waals surface area (Å²) in [6, 6.07) is 18.7. The Morgan fingerprint density at radius 2 is 1.79 bits per heavy atom. The van der Waals surface area contributed by atoms with E-state index in [-0.39, 0.29) is 22.8 Å². The molecule has 170 valence electrons. The largest absolute Gasteiger partial charge is 0.491 e. The Morgan fingerprint density at radius 3 is 2.39 bits per heavy atom. The zero-order valence-corrected chi connectivity index (χ0v) is 19.3. The highest BCUT2D eigenvalue weighted by molar-refractivity contribution is 6.35. The summed E-state index contributed by atoms with van der Waals surface area (Å²) in [5, 5.41) is 1.97. The van der Waals surface area contributed by atoms with Crippen LogP contribution in [0.3, 0.4) is 0 Å². The average molecular weight is 466 g/mol. The van der Waals surface area contributed by atoms with E-state index in [0.29, 0.717) is 10.4 Å². The molecule has 0 aliphatic carbocycles. The number of primary amides is 1. The number of aromatic nitrogens is 2. The molecule has 0 fully saturated rings. The molecular weight excluding hydrogens is 442 g/mol. The standard InChI is InChI=1S/C17H14ClNO.C8H10N2O3/c1-2-13-11-12-7-6-10-15(18)16(12)17(20)19(13)14-8-4-3-5-9-14;1-12-6-5(7(9)11)3-4-10-8(6)13-2/h3-11H,2H2,1H3;3-4H,1-2H3,(H2,9,11). The second-order valence-electron chi connectivity index (χ2n) is 6.93. The number of hydrogen-bond acceptors (Lipinski definition) is 5. The third-order valence-corrected chi connectivity index (χ3v) is 5.30. The maximum Gasteiger partial charge on any atom is 0.264 e. The molecule has 4 aromatic rings. The minimum Gasteiger partial charge on any atom is -0.491 e. The first-order valence-corrected chi connectivity index (χ1v) is 10.6. The Kier molecular flexibility index (Phi) is 7.69. The fourth-order valence-corrected chi connectivity index (χ4v) is 3.72. The normalized spacial score (nSPS) is 10.3. The molecule has 0 bridgehead atoms. The van der Waals surface area contributed by atoms with Gasteiger partial charge in [0.1, 0.15) is 0 Å². The summed E-state index contributed by atoms with van der Waals surface area (Å²) >= 11 is 6.20. The smallest absolute Gasteiger partial charge is 0.264 e. The Labute approximate surface area is 196 Å². The minimum absolute atomic E-state index is 0.0591. The van der Waals surface area contributed by atoms with Gasteiger partial charge in [0.05, 0.1) is 30.2 Å². The highest BCUT2D eigenvalue weighted by Crippen LogP contribution is 2.27. The zero-order chi connectivity index (χ0) is 24.0. The lowest BCUT2D eigenvalue weighted by atomic mass is 10.1. The molecule has 2 heterocycles. The van der Waals surface area contributed by atoms with Gasteiger partial charge >= 0.3 is 0 Å². The third-order valence-electron chi connectivity index (χ3n) is 4.98.